The number of hydrogen-bond donors (Lipinski definition) is 3. The van der Waals surface area contributed by atoms with Crippen molar-refractivity contribution in [3.8, 4) is 0 Å². The molecular formula is C10H15F3N4OS. The summed E-state index contributed by atoms with van der Waals surface area (Å²) in [5, 5.41) is 5.98. The molecule has 4 N–H and O–H groups in total. The van der Waals surface area contributed by atoms with Gasteiger partial charge in [-0.2, -0.15) is 13.2 Å². The van der Waals surface area contributed by atoms with Gasteiger partial charge in [0, 0.05) is 26.1 Å². The molecule has 1 aromatic heterocycles. The van der Waals surface area contributed by atoms with Crippen LogP contribution in [0.4, 0.5) is 13.2 Å². The Balaban J connectivity index is 2.45. The molecule has 0 bridgehead atoms. The number of halogens is 3. The average Bonchev–Trinajstić information content (AvgIpc) is 2.81. The van der Waals surface area contributed by atoms with Gasteiger partial charge in [-0.25, -0.2) is 4.98 Å². The lowest BCUT2D eigenvalue weighted by Crippen LogP contribution is -2.41. The molecule has 0 spiro atoms. The fourth-order valence-corrected chi connectivity index (χ4v) is 1.49. The zero-order valence-electron chi connectivity index (χ0n) is 10.3. The smallest absolute Gasteiger partial charge is 0.436 e. The fourth-order valence-electron chi connectivity index (χ4n) is 1.41. The van der Waals surface area contributed by atoms with E-state index in [9.17, 15) is 13.2 Å². The van der Waals surface area contributed by atoms with Crippen LogP contribution in [0.1, 0.15) is 17.9 Å². The molecule has 1 unspecified atom stereocenters. The Hall–Kier alpha value is -1.35. The maximum absolute atomic E-state index is 12.5. The topological polar surface area (TPSA) is 76.1 Å². The predicted molar refractivity (Wildman–Crippen MR) is 67.5 cm³/mol. The van der Waals surface area contributed by atoms with E-state index >= 15 is 0 Å². The number of nitrogens with two attached hydrogens (primary N) is 1. The number of nitrogens with one attached hydrogen (secondary N) is 2. The number of nitrogens with zero attached hydrogens (tertiary/aromatic N) is 1. The van der Waals surface area contributed by atoms with E-state index < -0.39 is 11.9 Å². The standard InChI is InChI=1S/C10H15F3N4OS/c1-15-9(19)16-4-6(14)2-3-7-8(10(11,12)13)17-5-18-7/h5-6H,2-4,14H2,1H3,(H2,15,16,19). The quantitative estimate of drug-likeness (QED) is 0.705. The van der Waals surface area contributed by atoms with Gasteiger partial charge >= 0.3 is 6.18 Å². The Labute approximate surface area is 113 Å². The summed E-state index contributed by atoms with van der Waals surface area (Å²) in [6, 6.07) is -0.336. The Bertz CT molecular complexity index is 421. The van der Waals surface area contributed by atoms with Crippen molar-refractivity contribution in [2.75, 3.05) is 13.6 Å². The second-order valence-electron chi connectivity index (χ2n) is 3.88. The van der Waals surface area contributed by atoms with Gasteiger partial charge in [0.2, 0.25) is 0 Å². The summed E-state index contributed by atoms with van der Waals surface area (Å²) in [6.45, 7) is 0.370. The highest BCUT2D eigenvalue weighted by Crippen LogP contribution is 2.31. The lowest BCUT2D eigenvalue weighted by Gasteiger charge is -2.13. The van der Waals surface area contributed by atoms with E-state index in [1.807, 2.05) is 0 Å². The first-order valence-electron chi connectivity index (χ1n) is 5.55. The number of rotatable bonds is 5. The Kier molecular flexibility index (Phi) is 5.55. The Morgan fingerprint density at radius 1 is 1.58 bits per heavy atom. The van der Waals surface area contributed by atoms with E-state index in [4.69, 9.17) is 22.4 Å². The monoisotopic (exact) mass is 296 g/mol. The van der Waals surface area contributed by atoms with Crippen LogP contribution >= 0.6 is 12.2 Å². The second-order valence-corrected chi connectivity index (χ2v) is 4.29. The van der Waals surface area contributed by atoms with Crippen molar-refractivity contribution < 1.29 is 17.6 Å². The van der Waals surface area contributed by atoms with Crippen LogP contribution < -0.4 is 16.4 Å². The van der Waals surface area contributed by atoms with E-state index in [0.29, 0.717) is 18.1 Å². The summed E-state index contributed by atoms with van der Waals surface area (Å²) in [5.41, 5.74) is 4.77. The van der Waals surface area contributed by atoms with Gasteiger partial charge in [-0.1, -0.05) is 0 Å². The minimum absolute atomic E-state index is 0.0734. The molecule has 0 saturated carbocycles. The van der Waals surface area contributed by atoms with Crippen molar-refractivity contribution in [3.05, 3.63) is 17.8 Å². The van der Waals surface area contributed by atoms with Crippen molar-refractivity contribution in [1.82, 2.24) is 15.6 Å². The van der Waals surface area contributed by atoms with Crippen LogP contribution in [0, 0.1) is 0 Å². The van der Waals surface area contributed by atoms with Crippen LogP contribution in [0.25, 0.3) is 0 Å². The fraction of sp³-hybridized carbons (Fsp3) is 0.600. The molecule has 1 rings (SSSR count). The van der Waals surface area contributed by atoms with Gasteiger partial charge in [0.1, 0.15) is 5.76 Å². The Morgan fingerprint density at radius 3 is 2.84 bits per heavy atom. The molecule has 108 valence electrons. The van der Waals surface area contributed by atoms with Crippen molar-refractivity contribution in [3.63, 3.8) is 0 Å². The van der Waals surface area contributed by atoms with E-state index in [0.717, 1.165) is 6.39 Å². The van der Waals surface area contributed by atoms with Gasteiger partial charge in [-0.3, -0.25) is 0 Å². The van der Waals surface area contributed by atoms with Crippen molar-refractivity contribution in [1.29, 1.82) is 0 Å². The number of oxazole rings is 1. The van der Waals surface area contributed by atoms with Crippen LogP contribution in [0.2, 0.25) is 0 Å². The van der Waals surface area contributed by atoms with Gasteiger partial charge in [-0.05, 0) is 18.6 Å². The van der Waals surface area contributed by atoms with Crippen LogP contribution in [-0.4, -0.2) is 29.7 Å². The third-order valence-electron chi connectivity index (χ3n) is 2.40. The minimum atomic E-state index is -4.50. The Morgan fingerprint density at radius 2 is 2.26 bits per heavy atom. The molecule has 0 saturated heterocycles. The van der Waals surface area contributed by atoms with Gasteiger partial charge < -0.3 is 20.8 Å². The van der Waals surface area contributed by atoms with Gasteiger partial charge in [0.05, 0.1) is 0 Å². The van der Waals surface area contributed by atoms with Crippen LogP contribution in [0.5, 0.6) is 0 Å². The molecule has 0 fully saturated rings. The summed E-state index contributed by atoms with van der Waals surface area (Å²) in [4.78, 5) is 3.17. The number of hydrogen-bond acceptors (Lipinski definition) is 4. The molecule has 0 aliphatic carbocycles. The molecule has 0 amide bonds. The van der Waals surface area contributed by atoms with Gasteiger partial charge in [-0.15, -0.1) is 0 Å². The SMILES string of the molecule is CNC(=S)NCC(N)CCc1ocnc1C(F)(F)F. The van der Waals surface area contributed by atoms with Crippen molar-refractivity contribution in [2.45, 2.75) is 25.1 Å². The zero-order valence-corrected chi connectivity index (χ0v) is 11.1. The number of aromatic nitrogens is 1. The van der Waals surface area contributed by atoms with Crippen molar-refractivity contribution >= 4 is 17.3 Å². The highest BCUT2D eigenvalue weighted by Gasteiger charge is 2.37. The largest absolute Gasteiger partial charge is 0.448 e. The molecule has 1 atom stereocenters. The normalized spacial score (nSPS) is 13.1. The van der Waals surface area contributed by atoms with Crippen LogP contribution in [0.15, 0.2) is 10.8 Å². The van der Waals surface area contributed by atoms with E-state index in [1.54, 1.807) is 7.05 Å². The first kappa shape index (κ1) is 15.7. The molecule has 0 aromatic carbocycles. The molecule has 0 aliphatic heterocycles. The molecule has 1 aromatic rings. The molecule has 0 aliphatic rings. The number of thiocarbonyl (C=S) groups is 1. The molecular weight excluding hydrogens is 281 g/mol. The summed E-state index contributed by atoms with van der Waals surface area (Å²) in [7, 11) is 1.66. The summed E-state index contributed by atoms with van der Waals surface area (Å²) in [5.74, 6) is -0.195. The molecule has 1 heterocycles. The summed E-state index contributed by atoms with van der Waals surface area (Å²) in [6.07, 6.45) is -3.31. The second kappa shape index (κ2) is 6.71. The first-order valence-corrected chi connectivity index (χ1v) is 5.96. The summed E-state index contributed by atoms with van der Waals surface area (Å²) >= 11 is 4.85. The van der Waals surface area contributed by atoms with E-state index in [1.165, 1.54) is 0 Å². The summed E-state index contributed by atoms with van der Waals surface area (Å²) < 4.78 is 42.3. The lowest BCUT2D eigenvalue weighted by atomic mass is 10.1. The molecule has 5 nitrogen and oxygen atoms in total. The molecule has 9 heteroatoms. The maximum Gasteiger partial charge on any atom is 0.436 e. The predicted octanol–water partition coefficient (Wildman–Crippen LogP) is 1.05. The van der Waals surface area contributed by atoms with Gasteiger partial charge in [0.25, 0.3) is 0 Å². The third-order valence-corrected chi connectivity index (χ3v) is 2.75. The highest BCUT2D eigenvalue weighted by molar-refractivity contribution is 7.80. The van der Waals surface area contributed by atoms with Crippen LogP contribution in [0.3, 0.4) is 0 Å². The molecule has 0 radical (unpaired) electrons. The third kappa shape index (κ3) is 5.03. The lowest BCUT2D eigenvalue weighted by molar-refractivity contribution is -0.142. The van der Waals surface area contributed by atoms with E-state index in [2.05, 4.69) is 15.6 Å². The van der Waals surface area contributed by atoms with Crippen LogP contribution in [-0.2, 0) is 12.6 Å². The zero-order chi connectivity index (χ0) is 14.5. The van der Waals surface area contributed by atoms with E-state index in [-0.39, 0.29) is 18.2 Å². The molecule has 19 heavy (non-hydrogen) atoms. The average molecular weight is 296 g/mol. The van der Waals surface area contributed by atoms with Crippen molar-refractivity contribution in [2.24, 2.45) is 5.73 Å². The highest BCUT2D eigenvalue weighted by atomic mass is 32.1. The maximum atomic E-state index is 12.5. The number of aryl methyl sites for hydroxylation is 1. The minimum Gasteiger partial charge on any atom is -0.448 e. The number of alkyl halides is 3. The first-order chi connectivity index (χ1) is 8.84. The van der Waals surface area contributed by atoms with Gasteiger partial charge in [0.15, 0.2) is 17.2 Å².